The fourth-order valence-electron chi connectivity index (χ4n) is 2.59. The molecule has 0 aliphatic heterocycles. The van der Waals surface area contributed by atoms with Crippen molar-refractivity contribution in [3.8, 4) is 6.07 Å². The van der Waals surface area contributed by atoms with Crippen molar-refractivity contribution in [1.29, 1.82) is 5.26 Å². The second kappa shape index (κ2) is 3.74. The molecule has 0 unspecified atom stereocenters. The Kier molecular flexibility index (Phi) is 2.30. The molecule has 1 aliphatic rings. The van der Waals surface area contributed by atoms with Gasteiger partial charge in [-0.25, -0.2) is 4.79 Å². The predicted octanol–water partition coefficient (Wildman–Crippen LogP) is 2.03. The lowest BCUT2D eigenvalue weighted by Gasteiger charge is -2.11. The molecule has 0 atom stereocenters. The standard InChI is InChI=1S/C14H15N3O/c1-16-11-4-2-3-5-12(11)17(13(16)18)10-14(6-7-14)8-9-15/h2-5H,6-8,10H2,1H3. The molecule has 0 amide bonds. The van der Waals surface area contributed by atoms with Crippen molar-refractivity contribution in [2.24, 2.45) is 12.5 Å². The van der Waals surface area contributed by atoms with Gasteiger partial charge in [0.1, 0.15) is 0 Å². The van der Waals surface area contributed by atoms with E-state index in [4.69, 9.17) is 5.26 Å². The van der Waals surface area contributed by atoms with E-state index < -0.39 is 0 Å². The number of para-hydroxylation sites is 2. The fraction of sp³-hybridized carbons (Fsp3) is 0.429. The molecular formula is C14H15N3O. The van der Waals surface area contributed by atoms with Gasteiger partial charge in [0, 0.05) is 25.4 Å². The summed E-state index contributed by atoms with van der Waals surface area (Å²) in [4.78, 5) is 12.2. The van der Waals surface area contributed by atoms with Crippen LogP contribution in [0.3, 0.4) is 0 Å². The van der Waals surface area contributed by atoms with E-state index in [1.807, 2.05) is 28.8 Å². The topological polar surface area (TPSA) is 50.7 Å². The van der Waals surface area contributed by atoms with Crippen LogP contribution in [0.25, 0.3) is 11.0 Å². The number of aromatic nitrogens is 2. The molecule has 4 nitrogen and oxygen atoms in total. The molecule has 1 fully saturated rings. The van der Waals surface area contributed by atoms with Crippen LogP contribution >= 0.6 is 0 Å². The first-order chi connectivity index (χ1) is 8.67. The van der Waals surface area contributed by atoms with Gasteiger partial charge in [-0.05, 0) is 25.0 Å². The van der Waals surface area contributed by atoms with Gasteiger partial charge in [0.05, 0.1) is 17.1 Å². The third-order valence-corrected chi connectivity index (χ3v) is 3.96. The molecule has 18 heavy (non-hydrogen) atoms. The molecule has 0 saturated heterocycles. The minimum absolute atomic E-state index is 0.0143. The van der Waals surface area contributed by atoms with E-state index in [9.17, 15) is 4.79 Å². The number of nitrogens with zero attached hydrogens (tertiary/aromatic N) is 3. The number of rotatable bonds is 3. The number of benzene rings is 1. The molecular weight excluding hydrogens is 226 g/mol. The minimum atomic E-state index is 0.0143. The number of hydrogen-bond donors (Lipinski definition) is 0. The third kappa shape index (κ3) is 1.55. The van der Waals surface area contributed by atoms with Gasteiger partial charge < -0.3 is 0 Å². The highest BCUT2D eigenvalue weighted by molar-refractivity contribution is 5.75. The van der Waals surface area contributed by atoms with Crippen LogP contribution in [-0.2, 0) is 13.6 Å². The van der Waals surface area contributed by atoms with Crippen molar-refractivity contribution in [3.05, 3.63) is 34.7 Å². The second-order valence-electron chi connectivity index (χ2n) is 5.25. The van der Waals surface area contributed by atoms with Crippen LogP contribution in [0.4, 0.5) is 0 Å². The summed E-state index contributed by atoms with van der Waals surface area (Å²) >= 11 is 0. The van der Waals surface area contributed by atoms with Crippen LogP contribution in [0.2, 0.25) is 0 Å². The van der Waals surface area contributed by atoms with E-state index in [1.165, 1.54) is 0 Å². The lowest BCUT2D eigenvalue weighted by molar-refractivity contribution is 0.428. The molecule has 0 radical (unpaired) electrons. The van der Waals surface area contributed by atoms with Crippen LogP contribution < -0.4 is 5.69 Å². The Balaban J connectivity index is 2.10. The van der Waals surface area contributed by atoms with Crippen LogP contribution in [0.5, 0.6) is 0 Å². The van der Waals surface area contributed by atoms with Gasteiger partial charge in [0.15, 0.2) is 0 Å². The molecule has 1 aromatic heterocycles. The molecule has 0 spiro atoms. The highest BCUT2D eigenvalue weighted by Gasteiger charge is 2.43. The van der Waals surface area contributed by atoms with E-state index in [2.05, 4.69) is 6.07 Å². The Morgan fingerprint density at radius 1 is 1.33 bits per heavy atom. The summed E-state index contributed by atoms with van der Waals surface area (Å²) in [7, 11) is 1.80. The van der Waals surface area contributed by atoms with Crippen molar-refractivity contribution < 1.29 is 0 Å². The lowest BCUT2D eigenvalue weighted by atomic mass is 10.0. The van der Waals surface area contributed by atoms with Gasteiger partial charge >= 0.3 is 5.69 Å². The molecule has 3 rings (SSSR count). The molecule has 0 N–H and O–H groups in total. The zero-order chi connectivity index (χ0) is 12.8. The van der Waals surface area contributed by atoms with Crippen molar-refractivity contribution in [1.82, 2.24) is 9.13 Å². The molecule has 1 aromatic carbocycles. The summed E-state index contributed by atoms with van der Waals surface area (Å²) in [5.74, 6) is 0. The first-order valence-electron chi connectivity index (χ1n) is 6.18. The number of imidazole rings is 1. The highest BCUT2D eigenvalue weighted by Crippen LogP contribution is 2.50. The normalized spacial score (nSPS) is 16.7. The summed E-state index contributed by atoms with van der Waals surface area (Å²) in [6.07, 6.45) is 2.65. The summed E-state index contributed by atoms with van der Waals surface area (Å²) in [5.41, 5.74) is 1.98. The van der Waals surface area contributed by atoms with Crippen LogP contribution in [0, 0.1) is 16.7 Å². The molecule has 1 heterocycles. The Morgan fingerprint density at radius 3 is 2.61 bits per heavy atom. The molecule has 92 valence electrons. The van der Waals surface area contributed by atoms with E-state index in [0.717, 1.165) is 23.9 Å². The number of nitriles is 1. The summed E-state index contributed by atoms with van der Waals surface area (Å²) in [5, 5.41) is 8.87. The fourth-order valence-corrected chi connectivity index (χ4v) is 2.59. The van der Waals surface area contributed by atoms with E-state index in [-0.39, 0.29) is 11.1 Å². The average Bonchev–Trinajstić information content (AvgIpc) is 3.10. The predicted molar refractivity (Wildman–Crippen MR) is 69.1 cm³/mol. The number of fused-ring (bicyclic) bond motifs is 1. The van der Waals surface area contributed by atoms with Crippen molar-refractivity contribution >= 4 is 11.0 Å². The van der Waals surface area contributed by atoms with Crippen molar-refractivity contribution in [2.45, 2.75) is 25.8 Å². The average molecular weight is 241 g/mol. The summed E-state index contributed by atoms with van der Waals surface area (Å²) < 4.78 is 3.50. The maximum Gasteiger partial charge on any atom is 0.328 e. The van der Waals surface area contributed by atoms with E-state index in [0.29, 0.717) is 13.0 Å². The smallest absolute Gasteiger partial charge is 0.295 e. The molecule has 2 aromatic rings. The zero-order valence-corrected chi connectivity index (χ0v) is 10.4. The lowest BCUT2D eigenvalue weighted by Crippen LogP contribution is -2.26. The molecule has 1 aliphatic carbocycles. The van der Waals surface area contributed by atoms with Gasteiger partial charge in [0.25, 0.3) is 0 Å². The summed E-state index contributed by atoms with van der Waals surface area (Å²) in [6.45, 7) is 0.667. The van der Waals surface area contributed by atoms with Gasteiger partial charge in [-0.15, -0.1) is 0 Å². The largest absolute Gasteiger partial charge is 0.328 e. The maximum absolute atomic E-state index is 12.2. The first kappa shape index (κ1) is 11.1. The number of hydrogen-bond acceptors (Lipinski definition) is 2. The Hall–Kier alpha value is -2.02. The molecule has 1 saturated carbocycles. The van der Waals surface area contributed by atoms with Gasteiger partial charge in [0.2, 0.25) is 0 Å². The molecule has 4 heteroatoms. The van der Waals surface area contributed by atoms with Gasteiger partial charge in [-0.3, -0.25) is 9.13 Å². The second-order valence-corrected chi connectivity index (χ2v) is 5.25. The Labute approximate surface area is 105 Å². The van der Waals surface area contributed by atoms with Crippen LogP contribution in [-0.4, -0.2) is 9.13 Å². The van der Waals surface area contributed by atoms with Gasteiger partial charge in [-0.1, -0.05) is 12.1 Å². The SMILES string of the molecule is Cn1c(=O)n(CC2(CC#N)CC2)c2ccccc21. The van der Waals surface area contributed by atoms with E-state index >= 15 is 0 Å². The van der Waals surface area contributed by atoms with Crippen molar-refractivity contribution in [3.63, 3.8) is 0 Å². The first-order valence-corrected chi connectivity index (χ1v) is 6.18. The van der Waals surface area contributed by atoms with Crippen LogP contribution in [0.1, 0.15) is 19.3 Å². The van der Waals surface area contributed by atoms with Crippen molar-refractivity contribution in [2.75, 3.05) is 0 Å². The molecule has 0 bridgehead atoms. The monoisotopic (exact) mass is 241 g/mol. The maximum atomic E-state index is 12.2. The third-order valence-electron chi connectivity index (χ3n) is 3.96. The Morgan fingerprint density at radius 2 is 2.00 bits per heavy atom. The van der Waals surface area contributed by atoms with Crippen LogP contribution in [0.15, 0.2) is 29.1 Å². The quantitative estimate of drug-likeness (QED) is 0.825. The highest BCUT2D eigenvalue weighted by atomic mass is 16.1. The zero-order valence-electron chi connectivity index (χ0n) is 10.4. The Bertz CT molecular complexity index is 698. The van der Waals surface area contributed by atoms with Gasteiger partial charge in [-0.2, -0.15) is 5.26 Å². The minimum Gasteiger partial charge on any atom is -0.295 e. The van der Waals surface area contributed by atoms with E-state index in [1.54, 1.807) is 11.6 Å². The summed E-state index contributed by atoms with van der Waals surface area (Å²) in [6, 6.07) is 10.1. The number of aryl methyl sites for hydroxylation is 1.